The molecule has 1 aromatic rings. The van der Waals surface area contributed by atoms with Crippen molar-refractivity contribution >= 4 is 27.9 Å². The number of anilines is 1. The van der Waals surface area contributed by atoms with Crippen molar-refractivity contribution in [3.63, 3.8) is 0 Å². The van der Waals surface area contributed by atoms with Crippen LogP contribution in [0.5, 0.6) is 0 Å². The first-order valence-corrected chi connectivity index (χ1v) is 6.65. The van der Waals surface area contributed by atoms with Crippen LogP contribution in [-0.4, -0.2) is 32.1 Å². The van der Waals surface area contributed by atoms with Crippen molar-refractivity contribution in [3.8, 4) is 0 Å². The van der Waals surface area contributed by atoms with Crippen LogP contribution in [0.4, 0.5) is 5.69 Å². The summed E-state index contributed by atoms with van der Waals surface area (Å²) in [6.45, 7) is 4.71. The fraction of sp³-hybridized carbons (Fsp3) is 0.462. The molecule has 0 saturated carbocycles. The van der Waals surface area contributed by atoms with Crippen molar-refractivity contribution in [1.82, 2.24) is 0 Å². The van der Waals surface area contributed by atoms with Gasteiger partial charge < -0.3 is 9.64 Å². The Kier molecular flexibility index (Phi) is 4.18. The average molecular weight is 298 g/mol. The molecule has 0 radical (unpaired) electrons. The molecule has 2 rings (SSSR count). The predicted molar refractivity (Wildman–Crippen MR) is 71.8 cm³/mol. The first-order valence-electron chi connectivity index (χ1n) is 5.86. The molecule has 1 saturated heterocycles. The molecule has 92 valence electrons. The number of carbonyl (C=O) groups excluding carboxylic acids is 1. The van der Waals surface area contributed by atoms with Gasteiger partial charge in [-0.15, -0.1) is 0 Å². The number of hydrogen-bond donors (Lipinski definition) is 0. The van der Waals surface area contributed by atoms with E-state index in [9.17, 15) is 4.79 Å². The molecular weight excluding hydrogens is 282 g/mol. The molecular formula is C13H16BrNO2. The van der Waals surface area contributed by atoms with Gasteiger partial charge in [0.1, 0.15) is 6.29 Å². The van der Waals surface area contributed by atoms with E-state index in [0.29, 0.717) is 11.7 Å². The zero-order valence-electron chi connectivity index (χ0n) is 9.86. The zero-order chi connectivity index (χ0) is 12.3. The summed E-state index contributed by atoms with van der Waals surface area (Å²) in [5.41, 5.74) is 1.83. The molecule has 1 aliphatic heterocycles. The van der Waals surface area contributed by atoms with E-state index in [2.05, 4.69) is 27.8 Å². The lowest BCUT2D eigenvalue weighted by Gasteiger charge is -2.34. The van der Waals surface area contributed by atoms with Crippen molar-refractivity contribution in [3.05, 3.63) is 28.2 Å². The summed E-state index contributed by atoms with van der Waals surface area (Å²) in [4.78, 5) is 13.0. The maximum atomic E-state index is 10.7. The van der Waals surface area contributed by atoms with Crippen molar-refractivity contribution in [2.45, 2.75) is 19.4 Å². The van der Waals surface area contributed by atoms with E-state index in [1.165, 1.54) is 0 Å². The van der Waals surface area contributed by atoms with Crippen LogP contribution in [0.25, 0.3) is 0 Å². The topological polar surface area (TPSA) is 29.5 Å². The quantitative estimate of drug-likeness (QED) is 0.804. The predicted octanol–water partition coefficient (Wildman–Crippen LogP) is 2.88. The number of benzene rings is 1. The largest absolute Gasteiger partial charge is 0.375 e. The molecule has 0 bridgehead atoms. The second-order valence-electron chi connectivity index (χ2n) is 4.18. The molecule has 1 fully saturated rings. The number of ether oxygens (including phenoxy) is 1. The number of halogens is 1. The third-order valence-corrected chi connectivity index (χ3v) is 3.68. The Morgan fingerprint density at radius 2 is 2.41 bits per heavy atom. The lowest BCUT2D eigenvalue weighted by molar-refractivity contribution is 0.0384. The Balaban J connectivity index is 2.18. The summed E-state index contributed by atoms with van der Waals surface area (Å²) in [7, 11) is 0. The lowest BCUT2D eigenvalue weighted by Crippen LogP contribution is -2.42. The Morgan fingerprint density at radius 1 is 1.59 bits per heavy atom. The van der Waals surface area contributed by atoms with Gasteiger partial charge in [-0.1, -0.05) is 6.92 Å². The summed E-state index contributed by atoms with van der Waals surface area (Å²) in [6, 6.07) is 5.70. The number of morpholine rings is 1. The number of carbonyl (C=O) groups is 1. The maximum absolute atomic E-state index is 10.7. The summed E-state index contributed by atoms with van der Waals surface area (Å²) in [5.74, 6) is 0. The molecule has 0 N–H and O–H groups in total. The molecule has 17 heavy (non-hydrogen) atoms. The number of hydrogen-bond acceptors (Lipinski definition) is 3. The van der Waals surface area contributed by atoms with Gasteiger partial charge in [0.15, 0.2) is 0 Å². The normalized spacial score (nSPS) is 20.4. The van der Waals surface area contributed by atoms with E-state index >= 15 is 0 Å². The van der Waals surface area contributed by atoms with Crippen LogP contribution in [0.1, 0.15) is 23.7 Å². The SMILES string of the molecule is CCC1CN(c2ccc(C=O)cc2Br)CCO1. The van der Waals surface area contributed by atoms with E-state index in [1.807, 2.05) is 18.2 Å². The fourth-order valence-electron chi connectivity index (χ4n) is 2.04. The minimum atomic E-state index is 0.307. The number of rotatable bonds is 3. The molecule has 4 heteroatoms. The van der Waals surface area contributed by atoms with Crippen molar-refractivity contribution in [2.24, 2.45) is 0 Å². The Labute approximate surface area is 110 Å². The van der Waals surface area contributed by atoms with E-state index < -0.39 is 0 Å². The first-order chi connectivity index (χ1) is 8.24. The smallest absolute Gasteiger partial charge is 0.150 e. The molecule has 1 aliphatic rings. The Hall–Kier alpha value is -0.870. The molecule has 1 heterocycles. The molecule has 1 aromatic carbocycles. The first kappa shape index (κ1) is 12.6. The molecule has 0 amide bonds. The molecule has 1 atom stereocenters. The van der Waals surface area contributed by atoms with Gasteiger partial charge in [0.25, 0.3) is 0 Å². The van der Waals surface area contributed by atoms with Crippen LogP contribution in [0.3, 0.4) is 0 Å². The molecule has 0 aliphatic carbocycles. The van der Waals surface area contributed by atoms with Gasteiger partial charge in [-0.3, -0.25) is 4.79 Å². The van der Waals surface area contributed by atoms with Crippen molar-refractivity contribution in [1.29, 1.82) is 0 Å². The minimum absolute atomic E-state index is 0.307. The lowest BCUT2D eigenvalue weighted by atomic mass is 10.1. The fourth-order valence-corrected chi connectivity index (χ4v) is 2.69. The van der Waals surface area contributed by atoms with Gasteiger partial charge in [0.2, 0.25) is 0 Å². The highest BCUT2D eigenvalue weighted by molar-refractivity contribution is 9.10. The third-order valence-electron chi connectivity index (χ3n) is 3.04. The standard InChI is InChI=1S/C13H16BrNO2/c1-2-11-8-15(5-6-17-11)13-4-3-10(9-16)7-12(13)14/h3-4,7,9,11H,2,5-6,8H2,1H3. The van der Waals surface area contributed by atoms with Gasteiger partial charge in [0.05, 0.1) is 18.4 Å². The second kappa shape index (κ2) is 5.65. The number of nitrogens with zero attached hydrogens (tertiary/aromatic N) is 1. The average Bonchev–Trinajstić information content (AvgIpc) is 2.38. The highest BCUT2D eigenvalue weighted by atomic mass is 79.9. The van der Waals surface area contributed by atoms with E-state index in [0.717, 1.165) is 42.6 Å². The summed E-state index contributed by atoms with van der Waals surface area (Å²) in [5, 5.41) is 0. The Bertz CT molecular complexity index is 408. The second-order valence-corrected chi connectivity index (χ2v) is 5.03. The van der Waals surface area contributed by atoms with Gasteiger partial charge >= 0.3 is 0 Å². The van der Waals surface area contributed by atoms with Crippen LogP contribution in [0.15, 0.2) is 22.7 Å². The van der Waals surface area contributed by atoms with Gasteiger partial charge in [0, 0.05) is 23.1 Å². The minimum Gasteiger partial charge on any atom is -0.375 e. The van der Waals surface area contributed by atoms with Gasteiger partial charge in [-0.05, 0) is 40.5 Å². The van der Waals surface area contributed by atoms with Crippen LogP contribution in [-0.2, 0) is 4.74 Å². The van der Waals surface area contributed by atoms with E-state index in [4.69, 9.17) is 4.74 Å². The van der Waals surface area contributed by atoms with Gasteiger partial charge in [-0.2, -0.15) is 0 Å². The molecule has 3 nitrogen and oxygen atoms in total. The Morgan fingerprint density at radius 3 is 3.06 bits per heavy atom. The molecule has 0 spiro atoms. The summed E-state index contributed by atoms with van der Waals surface area (Å²) >= 11 is 3.52. The summed E-state index contributed by atoms with van der Waals surface area (Å²) < 4.78 is 6.62. The van der Waals surface area contributed by atoms with Crippen LogP contribution in [0.2, 0.25) is 0 Å². The van der Waals surface area contributed by atoms with Crippen LogP contribution in [0, 0.1) is 0 Å². The summed E-state index contributed by atoms with van der Waals surface area (Å²) in [6.07, 6.45) is 2.20. The third kappa shape index (κ3) is 2.87. The van der Waals surface area contributed by atoms with Crippen molar-refractivity contribution < 1.29 is 9.53 Å². The van der Waals surface area contributed by atoms with Gasteiger partial charge in [-0.25, -0.2) is 0 Å². The van der Waals surface area contributed by atoms with E-state index in [-0.39, 0.29) is 0 Å². The van der Waals surface area contributed by atoms with E-state index in [1.54, 1.807) is 0 Å². The monoisotopic (exact) mass is 297 g/mol. The highest BCUT2D eigenvalue weighted by Gasteiger charge is 2.20. The molecule has 1 unspecified atom stereocenters. The van der Waals surface area contributed by atoms with Crippen molar-refractivity contribution in [2.75, 3.05) is 24.6 Å². The maximum Gasteiger partial charge on any atom is 0.150 e. The van der Waals surface area contributed by atoms with Crippen LogP contribution < -0.4 is 4.90 Å². The number of aldehydes is 1. The zero-order valence-corrected chi connectivity index (χ0v) is 11.4. The molecule has 0 aromatic heterocycles. The van der Waals surface area contributed by atoms with Crippen LogP contribution >= 0.6 is 15.9 Å². The highest BCUT2D eigenvalue weighted by Crippen LogP contribution is 2.28.